The summed E-state index contributed by atoms with van der Waals surface area (Å²) < 4.78 is 19.4. The number of methoxy groups -OCH3 is 1. The van der Waals surface area contributed by atoms with Gasteiger partial charge < -0.3 is 10.1 Å². The smallest absolute Gasteiger partial charge is 0.130 e. The molecule has 0 saturated carbocycles. The summed E-state index contributed by atoms with van der Waals surface area (Å²) in [5.74, 6) is 0.750. The number of rotatable bonds is 6. The van der Waals surface area contributed by atoms with Crippen molar-refractivity contribution in [2.24, 2.45) is 0 Å². The topological polar surface area (TPSA) is 21.3 Å². The van der Waals surface area contributed by atoms with Crippen LogP contribution in [0.1, 0.15) is 29.2 Å². The van der Waals surface area contributed by atoms with Crippen LogP contribution in [-0.2, 0) is 6.42 Å². The molecule has 0 bridgehead atoms. The van der Waals surface area contributed by atoms with E-state index in [0.717, 1.165) is 24.2 Å². The highest BCUT2D eigenvalue weighted by Gasteiger charge is 2.15. The van der Waals surface area contributed by atoms with E-state index in [2.05, 4.69) is 17.4 Å². The van der Waals surface area contributed by atoms with E-state index in [4.69, 9.17) is 4.74 Å². The molecule has 0 aromatic heterocycles. The molecule has 2 nitrogen and oxygen atoms in total. The first-order valence-corrected chi connectivity index (χ1v) is 7.21. The van der Waals surface area contributed by atoms with Crippen LogP contribution < -0.4 is 10.1 Å². The molecule has 0 spiro atoms. The van der Waals surface area contributed by atoms with E-state index < -0.39 is 0 Å². The third-order valence-corrected chi connectivity index (χ3v) is 3.83. The lowest BCUT2D eigenvalue weighted by Gasteiger charge is -2.18. The average molecular weight is 287 g/mol. The number of hydrogen-bond donors (Lipinski definition) is 1. The second-order valence-electron chi connectivity index (χ2n) is 5.21. The summed E-state index contributed by atoms with van der Waals surface area (Å²) in [6.07, 6.45) is 1.74. The highest BCUT2D eigenvalue weighted by atomic mass is 19.1. The van der Waals surface area contributed by atoms with Gasteiger partial charge in [0.1, 0.15) is 11.6 Å². The van der Waals surface area contributed by atoms with Crippen LogP contribution in [0.4, 0.5) is 4.39 Å². The summed E-state index contributed by atoms with van der Waals surface area (Å²) in [6, 6.07) is 13.6. The van der Waals surface area contributed by atoms with Crippen molar-refractivity contribution in [2.75, 3.05) is 14.2 Å². The Morgan fingerprint density at radius 2 is 1.86 bits per heavy atom. The molecule has 1 atom stereocenters. The van der Waals surface area contributed by atoms with Gasteiger partial charge in [-0.2, -0.15) is 0 Å². The molecule has 0 amide bonds. The first-order chi connectivity index (χ1) is 10.2. The molecule has 0 aliphatic rings. The lowest BCUT2D eigenvalue weighted by molar-refractivity contribution is 0.414. The average Bonchev–Trinajstić information content (AvgIpc) is 2.52. The molecular formula is C18H22FNO. The molecule has 0 aliphatic heterocycles. The van der Waals surface area contributed by atoms with E-state index in [1.165, 1.54) is 5.56 Å². The number of benzene rings is 2. The van der Waals surface area contributed by atoms with Crippen LogP contribution in [0.25, 0.3) is 0 Å². The number of aryl methyl sites for hydroxylation is 2. The summed E-state index contributed by atoms with van der Waals surface area (Å²) in [4.78, 5) is 0. The van der Waals surface area contributed by atoms with Crippen LogP contribution in [0.5, 0.6) is 5.75 Å². The third kappa shape index (κ3) is 3.82. The van der Waals surface area contributed by atoms with E-state index in [0.29, 0.717) is 5.56 Å². The van der Waals surface area contributed by atoms with Gasteiger partial charge in [0.05, 0.1) is 7.11 Å². The predicted molar refractivity (Wildman–Crippen MR) is 84.3 cm³/mol. The lowest BCUT2D eigenvalue weighted by Crippen LogP contribution is -2.18. The SMILES string of the molecule is CNC(CCc1ccc(OC)cc1)c1cccc(C)c1F. The Hall–Kier alpha value is -1.87. The highest BCUT2D eigenvalue weighted by molar-refractivity contribution is 5.29. The summed E-state index contributed by atoms with van der Waals surface area (Å²) in [7, 11) is 3.53. The molecule has 3 heteroatoms. The molecule has 1 N–H and O–H groups in total. The Labute approximate surface area is 126 Å². The Kier molecular flexibility index (Phi) is 5.34. The van der Waals surface area contributed by atoms with Gasteiger partial charge >= 0.3 is 0 Å². The van der Waals surface area contributed by atoms with Gasteiger partial charge in [0, 0.05) is 11.6 Å². The molecule has 0 aliphatic carbocycles. The fourth-order valence-electron chi connectivity index (χ4n) is 2.50. The Morgan fingerprint density at radius 1 is 1.14 bits per heavy atom. The van der Waals surface area contributed by atoms with Crippen molar-refractivity contribution in [3.63, 3.8) is 0 Å². The first kappa shape index (κ1) is 15.5. The van der Waals surface area contributed by atoms with Crippen molar-refractivity contribution >= 4 is 0 Å². The molecule has 112 valence electrons. The zero-order valence-electron chi connectivity index (χ0n) is 12.8. The maximum Gasteiger partial charge on any atom is 0.130 e. The highest BCUT2D eigenvalue weighted by Crippen LogP contribution is 2.24. The Bertz CT molecular complexity index is 580. The van der Waals surface area contributed by atoms with E-state index in [1.54, 1.807) is 20.1 Å². The third-order valence-electron chi connectivity index (χ3n) is 3.83. The Morgan fingerprint density at radius 3 is 2.48 bits per heavy atom. The lowest BCUT2D eigenvalue weighted by atomic mass is 9.97. The fourth-order valence-corrected chi connectivity index (χ4v) is 2.50. The van der Waals surface area contributed by atoms with E-state index in [1.807, 2.05) is 31.3 Å². The maximum absolute atomic E-state index is 14.2. The van der Waals surface area contributed by atoms with Crippen LogP contribution in [0.3, 0.4) is 0 Å². The minimum Gasteiger partial charge on any atom is -0.497 e. The molecule has 0 saturated heterocycles. The zero-order valence-corrected chi connectivity index (χ0v) is 12.8. The summed E-state index contributed by atoms with van der Waals surface area (Å²) in [5.41, 5.74) is 2.66. The molecule has 0 fully saturated rings. The minimum atomic E-state index is -0.105. The van der Waals surface area contributed by atoms with Gasteiger partial charge in [-0.15, -0.1) is 0 Å². The maximum atomic E-state index is 14.2. The van der Waals surface area contributed by atoms with Gasteiger partial charge in [-0.3, -0.25) is 0 Å². The first-order valence-electron chi connectivity index (χ1n) is 7.21. The van der Waals surface area contributed by atoms with Crippen LogP contribution in [0, 0.1) is 12.7 Å². The van der Waals surface area contributed by atoms with Crippen molar-refractivity contribution in [3.8, 4) is 5.75 Å². The molecule has 2 aromatic carbocycles. The van der Waals surface area contributed by atoms with Crippen molar-refractivity contribution in [1.82, 2.24) is 5.32 Å². The van der Waals surface area contributed by atoms with E-state index in [-0.39, 0.29) is 11.9 Å². The minimum absolute atomic E-state index is 0.0204. The number of hydrogen-bond acceptors (Lipinski definition) is 2. The van der Waals surface area contributed by atoms with Gasteiger partial charge in [0.15, 0.2) is 0 Å². The number of nitrogens with one attached hydrogen (secondary N) is 1. The van der Waals surface area contributed by atoms with Crippen LogP contribution >= 0.6 is 0 Å². The van der Waals surface area contributed by atoms with Crippen molar-refractivity contribution in [3.05, 3.63) is 65.0 Å². The van der Waals surface area contributed by atoms with Crippen molar-refractivity contribution < 1.29 is 9.13 Å². The molecule has 21 heavy (non-hydrogen) atoms. The monoisotopic (exact) mass is 287 g/mol. The second kappa shape index (κ2) is 7.23. The van der Waals surface area contributed by atoms with Crippen LogP contribution in [-0.4, -0.2) is 14.2 Å². The summed E-state index contributed by atoms with van der Waals surface area (Å²) >= 11 is 0. The fraction of sp³-hybridized carbons (Fsp3) is 0.333. The van der Waals surface area contributed by atoms with Gasteiger partial charge in [-0.05, 0) is 50.1 Å². The van der Waals surface area contributed by atoms with E-state index in [9.17, 15) is 4.39 Å². The van der Waals surface area contributed by atoms with Gasteiger partial charge in [0.2, 0.25) is 0 Å². The van der Waals surface area contributed by atoms with Crippen LogP contribution in [0.15, 0.2) is 42.5 Å². The van der Waals surface area contributed by atoms with Gasteiger partial charge in [-0.1, -0.05) is 30.3 Å². The van der Waals surface area contributed by atoms with E-state index >= 15 is 0 Å². The molecular weight excluding hydrogens is 265 g/mol. The van der Waals surface area contributed by atoms with Crippen molar-refractivity contribution in [2.45, 2.75) is 25.8 Å². The largest absolute Gasteiger partial charge is 0.497 e. The summed E-state index contributed by atoms with van der Waals surface area (Å²) in [5, 5.41) is 3.21. The number of halogens is 1. The molecule has 0 radical (unpaired) electrons. The summed E-state index contributed by atoms with van der Waals surface area (Å²) in [6.45, 7) is 1.80. The predicted octanol–water partition coefficient (Wildman–Crippen LogP) is 4.04. The van der Waals surface area contributed by atoms with Gasteiger partial charge in [0.25, 0.3) is 0 Å². The molecule has 1 unspecified atom stereocenters. The molecule has 0 heterocycles. The number of ether oxygens (including phenoxy) is 1. The zero-order chi connectivity index (χ0) is 15.2. The quantitative estimate of drug-likeness (QED) is 0.866. The molecule has 2 rings (SSSR count). The Balaban J connectivity index is 2.06. The molecule has 2 aromatic rings. The second-order valence-corrected chi connectivity index (χ2v) is 5.21. The normalized spacial score (nSPS) is 12.2. The van der Waals surface area contributed by atoms with Crippen LogP contribution in [0.2, 0.25) is 0 Å². The standard InChI is InChI=1S/C18H22FNO/c1-13-5-4-6-16(18(13)19)17(20-2)12-9-14-7-10-15(21-3)11-8-14/h4-8,10-11,17,20H,9,12H2,1-3H3. The van der Waals surface area contributed by atoms with Crippen molar-refractivity contribution in [1.29, 1.82) is 0 Å². The van der Waals surface area contributed by atoms with Gasteiger partial charge in [-0.25, -0.2) is 4.39 Å².